The summed E-state index contributed by atoms with van der Waals surface area (Å²) >= 11 is 0. The molecule has 1 atom stereocenters. The third kappa shape index (κ3) is 54.8. The Morgan fingerprint density at radius 2 is 0.529 bits per heavy atom. The molecule has 0 amide bonds. The molecule has 68 heavy (non-hydrogen) atoms. The Labute approximate surface area is 423 Å². The highest BCUT2D eigenvalue weighted by Gasteiger charge is 2.19. The van der Waals surface area contributed by atoms with E-state index < -0.39 is 6.10 Å². The molecule has 0 aromatic rings. The first-order chi connectivity index (χ1) is 33.5. The summed E-state index contributed by atoms with van der Waals surface area (Å²) in [6.07, 6.45) is 67.8. The summed E-state index contributed by atoms with van der Waals surface area (Å²) in [7, 11) is 0. The number of carbonyl (C=O) groups excluding carboxylic acids is 3. The van der Waals surface area contributed by atoms with Crippen LogP contribution >= 0.6 is 0 Å². The molecule has 0 N–H and O–H groups in total. The second-order valence-electron chi connectivity index (χ2n) is 20.6. The van der Waals surface area contributed by atoms with Crippen LogP contribution in [-0.4, -0.2) is 37.2 Å². The molecule has 0 aromatic carbocycles. The summed E-state index contributed by atoms with van der Waals surface area (Å²) in [6.45, 7) is 6.62. The molecule has 0 radical (unpaired) electrons. The largest absolute Gasteiger partial charge is 0.462 e. The Morgan fingerprint density at radius 1 is 0.294 bits per heavy atom. The van der Waals surface area contributed by atoms with E-state index in [9.17, 15) is 14.4 Å². The van der Waals surface area contributed by atoms with E-state index in [-0.39, 0.29) is 31.1 Å². The SMILES string of the molecule is CCCCCCC/C=C\C/C=C\CCCCCCCCCCCCCCCC(=O)OCC(COC(=O)CCCCCCCC)OC(=O)CCCCCCCCCCCCCCCCCCCCC. The van der Waals surface area contributed by atoms with Crippen LogP contribution in [0.15, 0.2) is 24.3 Å². The van der Waals surface area contributed by atoms with Crippen LogP contribution in [0.1, 0.15) is 335 Å². The van der Waals surface area contributed by atoms with Gasteiger partial charge in [0.05, 0.1) is 0 Å². The summed E-state index contributed by atoms with van der Waals surface area (Å²) in [5, 5.41) is 0. The molecule has 0 saturated carbocycles. The minimum Gasteiger partial charge on any atom is -0.462 e. The fraction of sp³-hybridized carbons (Fsp3) is 0.887. The van der Waals surface area contributed by atoms with Gasteiger partial charge in [-0.25, -0.2) is 0 Å². The predicted octanol–water partition coefficient (Wildman–Crippen LogP) is 20.3. The van der Waals surface area contributed by atoms with Crippen molar-refractivity contribution in [2.75, 3.05) is 13.2 Å². The summed E-state index contributed by atoms with van der Waals surface area (Å²) in [5.74, 6) is -0.855. The van der Waals surface area contributed by atoms with Gasteiger partial charge in [0.15, 0.2) is 6.10 Å². The number of hydrogen-bond acceptors (Lipinski definition) is 6. The number of ether oxygens (including phenoxy) is 3. The molecule has 0 aromatic heterocycles. The first-order valence-electron chi connectivity index (χ1n) is 30.3. The number of rotatable bonds is 56. The highest BCUT2D eigenvalue weighted by Crippen LogP contribution is 2.17. The van der Waals surface area contributed by atoms with E-state index in [2.05, 4.69) is 45.1 Å². The van der Waals surface area contributed by atoms with Crippen LogP contribution in [0.25, 0.3) is 0 Å². The molecular formula is C62H116O6. The van der Waals surface area contributed by atoms with E-state index in [0.29, 0.717) is 19.3 Å². The van der Waals surface area contributed by atoms with E-state index in [1.807, 2.05) is 0 Å². The lowest BCUT2D eigenvalue weighted by Gasteiger charge is -2.18. The maximum atomic E-state index is 12.8. The van der Waals surface area contributed by atoms with Gasteiger partial charge in [0, 0.05) is 19.3 Å². The predicted molar refractivity (Wildman–Crippen MR) is 293 cm³/mol. The minimum atomic E-state index is -0.764. The van der Waals surface area contributed by atoms with Crippen molar-refractivity contribution >= 4 is 17.9 Å². The van der Waals surface area contributed by atoms with Crippen LogP contribution in [0.2, 0.25) is 0 Å². The number of carbonyl (C=O) groups is 3. The van der Waals surface area contributed by atoms with Crippen molar-refractivity contribution in [3.63, 3.8) is 0 Å². The zero-order valence-corrected chi connectivity index (χ0v) is 45.9. The third-order valence-corrected chi connectivity index (χ3v) is 13.7. The molecule has 0 aliphatic rings. The Kier molecular flexibility index (Phi) is 55.7. The molecule has 0 fully saturated rings. The van der Waals surface area contributed by atoms with Gasteiger partial charge in [0.1, 0.15) is 13.2 Å². The first-order valence-corrected chi connectivity index (χ1v) is 30.3. The normalized spacial score (nSPS) is 12.1. The Morgan fingerprint density at radius 3 is 0.809 bits per heavy atom. The van der Waals surface area contributed by atoms with Crippen LogP contribution in [0, 0.1) is 0 Å². The Hall–Kier alpha value is -2.11. The lowest BCUT2D eigenvalue weighted by Crippen LogP contribution is -2.30. The molecule has 0 heterocycles. The third-order valence-electron chi connectivity index (χ3n) is 13.7. The highest BCUT2D eigenvalue weighted by atomic mass is 16.6. The van der Waals surface area contributed by atoms with Gasteiger partial charge in [-0.2, -0.15) is 0 Å². The number of hydrogen-bond donors (Lipinski definition) is 0. The highest BCUT2D eigenvalue weighted by molar-refractivity contribution is 5.71. The van der Waals surface area contributed by atoms with Crippen LogP contribution in [0.3, 0.4) is 0 Å². The van der Waals surface area contributed by atoms with E-state index in [1.54, 1.807) is 0 Å². The van der Waals surface area contributed by atoms with Gasteiger partial charge in [-0.05, 0) is 51.4 Å². The number of unbranched alkanes of at least 4 members (excludes halogenated alkanes) is 41. The van der Waals surface area contributed by atoms with Crippen LogP contribution < -0.4 is 0 Å². The molecule has 0 rings (SSSR count). The average Bonchev–Trinajstić information content (AvgIpc) is 3.34. The second-order valence-corrected chi connectivity index (χ2v) is 20.6. The summed E-state index contributed by atoms with van der Waals surface area (Å²) in [4.78, 5) is 37.9. The summed E-state index contributed by atoms with van der Waals surface area (Å²) < 4.78 is 16.8. The maximum Gasteiger partial charge on any atom is 0.306 e. The van der Waals surface area contributed by atoms with Gasteiger partial charge < -0.3 is 14.2 Å². The van der Waals surface area contributed by atoms with Crippen LogP contribution in [-0.2, 0) is 28.6 Å². The standard InChI is InChI=1S/C62H116O6/c1-4-7-10-13-16-18-20-22-24-26-28-29-30-31-32-33-35-36-38-40-42-44-46-49-52-55-61(64)67-58-59(57-66-60(63)54-51-48-15-12-9-6-3)68-62(65)56-53-50-47-45-43-41-39-37-34-27-25-23-21-19-17-14-11-8-5-2/h20,22,26,28,59H,4-19,21,23-25,27,29-58H2,1-3H3/b22-20-,28-26-. The van der Waals surface area contributed by atoms with E-state index in [1.165, 1.54) is 231 Å². The van der Waals surface area contributed by atoms with Gasteiger partial charge in [-0.15, -0.1) is 0 Å². The number of esters is 3. The number of allylic oxidation sites excluding steroid dienone is 4. The molecule has 0 spiro atoms. The molecule has 0 aliphatic carbocycles. The van der Waals surface area contributed by atoms with Crippen molar-refractivity contribution in [2.45, 2.75) is 341 Å². The summed E-state index contributed by atoms with van der Waals surface area (Å²) in [5.41, 5.74) is 0. The molecule has 6 nitrogen and oxygen atoms in total. The molecule has 0 saturated heterocycles. The zero-order valence-electron chi connectivity index (χ0n) is 45.9. The summed E-state index contributed by atoms with van der Waals surface area (Å²) in [6, 6.07) is 0. The van der Waals surface area contributed by atoms with Crippen molar-refractivity contribution in [3.8, 4) is 0 Å². The molecule has 400 valence electrons. The van der Waals surface area contributed by atoms with Crippen LogP contribution in [0.4, 0.5) is 0 Å². The zero-order chi connectivity index (χ0) is 49.3. The van der Waals surface area contributed by atoms with Crippen molar-refractivity contribution in [2.24, 2.45) is 0 Å². The molecule has 6 heteroatoms. The van der Waals surface area contributed by atoms with Crippen LogP contribution in [0.5, 0.6) is 0 Å². The smallest absolute Gasteiger partial charge is 0.306 e. The maximum absolute atomic E-state index is 12.8. The molecular weight excluding hydrogens is 841 g/mol. The topological polar surface area (TPSA) is 78.9 Å². The van der Waals surface area contributed by atoms with Crippen molar-refractivity contribution < 1.29 is 28.6 Å². The minimum absolute atomic E-state index is 0.0666. The quantitative estimate of drug-likeness (QED) is 0.0262. The first kappa shape index (κ1) is 65.9. The Bertz CT molecular complexity index is 1100. The second kappa shape index (κ2) is 57.5. The van der Waals surface area contributed by atoms with Crippen molar-refractivity contribution in [3.05, 3.63) is 24.3 Å². The molecule has 0 aliphatic heterocycles. The van der Waals surface area contributed by atoms with Crippen molar-refractivity contribution in [1.29, 1.82) is 0 Å². The van der Waals surface area contributed by atoms with Gasteiger partial charge in [-0.3, -0.25) is 14.4 Å². The van der Waals surface area contributed by atoms with Gasteiger partial charge in [0.25, 0.3) is 0 Å². The molecule has 0 bridgehead atoms. The average molecular weight is 958 g/mol. The van der Waals surface area contributed by atoms with Gasteiger partial charge in [0.2, 0.25) is 0 Å². The van der Waals surface area contributed by atoms with E-state index in [0.717, 1.165) is 64.2 Å². The lowest BCUT2D eigenvalue weighted by atomic mass is 10.0. The van der Waals surface area contributed by atoms with E-state index >= 15 is 0 Å². The van der Waals surface area contributed by atoms with Crippen molar-refractivity contribution in [1.82, 2.24) is 0 Å². The molecule has 1 unspecified atom stereocenters. The van der Waals surface area contributed by atoms with Gasteiger partial charge >= 0.3 is 17.9 Å². The fourth-order valence-electron chi connectivity index (χ4n) is 9.12. The lowest BCUT2D eigenvalue weighted by molar-refractivity contribution is -0.167. The monoisotopic (exact) mass is 957 g/mol. The fourth-order valence-corrected chi connectivity index (χ4v) is 9.12. The van der Waals surface area contributed by atoms with E-state index in [4.69, 9.17) is 14.2 Å². The van der Waals surface area contributed by atoms with Gasteiger partial charge in [-0.1, -0.05) is 289 Å². The Balaban J connectivity index is 4.05.